The molecule has 0 amide bonds. The van der Waals surface area contributed by atoms with E-state index in [-0.39, 0.29) is 5.82 Å². The van der Waals surface area contributed by atoms with Gasteiger partial charge in [0.1, 0.15) is 5.82 Å². The van der Waals surface area contributed by atoms with Crippen LogP contribution in [-0.2, 0) is 6.42 Å². The van der Waals surface area contributed by atoms with Crippen LogP contribution in [0, 0.1) is 5.82 Å². The maximum absolute atomic E-state index is 13.1. The van der Waals surface area contributed by atoms with Crippen LogP contribution < -0.4 is 5.32 Å². The molecule has 1 fully saturated rings. The number of benzene rings is 1. The zero-order valence-corrected chi connectivity index (χ0v) is 10.6. The van der Waals surface area contributed by atoms with Gasteiger partial charge < -0.3 is 5.32 Å². The fourth-order valence-corrected chi connectivity index (χ4v) is 2.47. The molecule has 98 valence electrons. The number of hydrogen-bond donors (Lipinski definition) is 1. The SMILES string of the molecule is Fc1cccc(Cc2cncc([C@@H]3CCCN3)n2)c1. The Labute approximate surface area is 111 Å². The monoisotopic (exact) mass is 257 g/mol. The molecular formula is C15H16FN3. The summed E-state index contributed by atoms with van der Waals surface area (Å²) in [6.07, 6.45) is 6.48. The van der Waals surface area contributed by atoms with Crippen LogP contribution in [0.15, 0.2) is 36.7 Å². The molecule has 0 aliphatic carbocycles. The molecule has 1 aromatic heterocycles. The molecule has 0 radical (unpaired) electrons. The van der Waals surface area contributed by atoms with Crippen molar-refractivity contribution in [2.45, 2.75) is 25.3 Å². The van der Waals surface area contributed by atoms with Crippen molar-refractivity contribution in [3.05, 3.63) is 59.4 Å². The molecular weight excluding hydrogens is 241 g/mol. The summed E-state index contributed by atoms with van der Waals surface area (Å²) in [4.78, 5) is 8.88. The third kappa shape index (κ3) is 2.96. The fourth-order valence-electron chi connectivity index (χ4n) is 2.47. The van der Waals surface area contributed by atoms with Crippen LogP contribution in [0.5, 0.6) is 0 Å². The fraction of sp³-hybridized carbons (Fsp3) is 0.333. The second kappa shape index (κ2) is 5.45. The molecule has 4 heteroatoms. The van der Waals surface area contributed by atoms with E-state index < -0.39 is 0 Å². The summed E-state index contributed by atoms with van der Waals surface area (Å²) in [5.74, 6) is -0.209. The number of halogens is 1. The molecule has 1 atom stereocenters. The Morgan fingerprint density at radius 2 is 2.26 bits per heavy atom. The quantitative estimate of drug-likeness (QED) is 0.918. The van der Waals surface area contributed by atoms with E-state index in [2.05, 4.69) is 15.3 Å². The highest BCUT2D eigenvalue weighted by Gasteiger charge is 2.17. The Morgan fingerprint density at radius 3 is 3.05 bits per heavy atom. The van der Waals surface area contributed by atoms with Gasteiger partial charge in [0.05, 0.1) is 17.4 Å². The molecule has 0 spiro atoms. The van der Waals surface area contributed by atoms with E-state index in [1.54, 1.807) is 18.3 Å². The molecule has 3 rings (SSSR count). The third-order valence-electron chi connectivity index (χ3n) is 3.39. The minimum Gasteiger partial charge on any atom is -0.309 e. The van der Waals surface area contributed by atoms with E-state index in [4.69, 9.17) is 0 Å². The first-order chi connectivity index (χ1) is 9.31. The number of nitrogens with zero attached hydrogens (tertiary/aromatic N) is 2. The summed E-state index contributed by atoms with van der Waals surface area (Å²) in [6, 6.07) is 6.95. The Bertz CT molecular complexity index is 565. The first-order valence-electron chi connectivity index (χ1n) is 6.60. The molecule has 19 heavy (non-hydrogen) atoms. The molecule has 1 aliphatic rings. The molecule has 1 saturated heterocycles. The lowest BCUT2D eigenvalue weighted by molar-refractivity contribution is 0.619. The highest BCUT2D eigenvalue weighted by molar-refractivity contribution is 5.22. The van der Waals surface area contributed by atoms with E-state index in [0.717, 1.165) is 29.9 Å². The highest BCUT2D eigenvalue weighted by atomic mass is 19.1. The van der Waals surface area contributed by atoms with Gasteiger partial charge in [0.15, 0.2) is 0 Å². The number of hydrogen-bond acceptors (Lipinski definition) is 3. The van der Waals surface area contributed by atoms with Gasteiger partial charge in [0.2, 0.25) is 0 Å². The topological polar surface area (TPSA) is 37.8 Å². The summed E-state index contributed by atoms with van der Waals surface area (Å²) in [7, 11) is 0. The first kappa shape index (κ1) is 12.2. The normalized spacial score (nSPS) is 18.7. The smallest absolute Gasteiger partial charge is 0.123 e. The Kier molecular flexibility index (Phi) is 3.51. The Balaban J connectivity index is 1.79. The maximum atomic E-state index is 13.1. The molecule has 1 aromatic carbocycles. The van der Waals surface area contributed by atoms with Gasteiger partial charge in [-0.2, -0.15) is 0 Å². The van der Waals surface area contributed by atoms with E-state index in [1.807, 2.05) is 12.3 Å². The van der Waals surface area contributed by atoms with Crippen molar-refractivity contribution in [3.63, 3.8) is 0 Å². The molecule has 1 N–H and O–H groups in total. The second-order valence-corrected chi connectivity index (χ2v) is 4.89. The second-order valence-electron chi connectivity index (χ2n) is 4.89. The van der Waals surface area contributed by atoms with Gasteiger partial charge in [-0.15, -0.1) is 0 Å². The minimum absolute atomic E-state index is 0.209. The van der Waals surface area contributed by atoms with Crippen molar-refractivity contribution in [1.82, 2.24) is 15.3 Å². The average Bonchev–Trinajstić information content (AvgIpc) is 2.93. The lowest BCUT2D eigenvalue weighted by atomic mass is 10.1. The van der Waals surface area contributed by atoms with Gasteiger partial charge in [-0.3, -0.25) is 9.97 Å². The number of nitrogens with one attached hydrogen (secondary N) is 1. The maximum Gasteiger partial charge on any atom is 0.123 e. The first-order valence-corrected chi connectivity index (χ1v) is 6.60. The summed E-state index contributed by atoms with van der Waals surface area (Å²) >= 11 is 0. The van der Waals surface area contributed by atoms with Crippen LogP contribution >= 0.6 is 0 Å². The van der Waals surface area contributed by atoms with Gasteiger partial charge in [0, 0.05) is 18.8 Å². The van der Waals surface area contributed by atoms with Crippen molar-refractivity contribution >= 4 is 0 Å². The van der Waals surface area contributed by atoms with Crippen molar-refractivity contribution in [1.29, 1.82) is 0 Å². The van der Waals surface area contributed by atoms with Gasteiger partial charge in [-0.05, 0) is 37.1 Å². The molecule has 2 heterocycles. The molecule has 0 unspecified atom stereocenters. The van der Waals surface area contributed by atoms with Crippen LogP contribution in [0.3, 0.4) is 0 Å². The van der Waals surface area contributed by atoms with E-state index in [0.29, 0.717) is 12.5 Å². The van der Waals surface area contributed by atoms with Gasteiger partial charge in [-0.25, -0.2) is 4.39 Å². The Hall–Kier alpha value is -1.81. The van der Waals surface area contributed by atoms with Crippen LogP contribution in [0.2, 0.25) is 0 Å². The molecule has 2 aromatic rings. The largest absolute Gasteiger partial charge is 0.309 e. The Morgan fingerprint density at radius 1 is 1.32 bits per heavy atom. The minimum atomic E-state index is -0.209. The van der Waals surface area contributed by atoms with Crippen molar-refractivity contribution in [3.8, 4) is 0 Å². The molecule has 1 aliphatic heterocycles. The molecule has 3 nitrogen and oxygen atoms in total. The van der Waals surface area contributed by atoms with Gasteiger partial charge in [-0.1, -0.05) is 12.1 Å². The third-order valence-corrected chi connectivity index (χ3v) is 3.39. The van der Waals surface area contributed by atoms with Crippen LogP contribution in [0.1, 0.15) is 35.8 Å². The summed E-state index contributed by atoms with van der Waals surface area (Å²) < 4.78 is 13.1. The molecule has 0 saturated carbocycles. The molecule has 0 bridgehead atoms. The zero-order valence-electron chi connectivity index (χ0n) is 10.6. The van der Waals surface area contributed by atoms with E-state index in [9.17, 15) is 4.39 Å². The summed E-state index contributed by atoms with van der Waals surface area (Å²) in [5.41, 5.74) is 2.80. The van der Waals surface area contributed by atoms with Crippen molar-refractivity contribution in [2.24, 2.45) is 0 Å². The highest BCUT2D eigenvalue weighted by Crippen LogP contribution is 2.21. The van der Waals surface area contributed by atoms with Crippen molar-refractivity contribution < 1.29 is 4.39 Å². The predicted octanol–water partition coefficient (Wildman–Crippen LogP) is 2.63. The predicted molar refractivity (Wildman–Crippen MR) is 71.2 cm³/mol. The van der Waals surface area contributed by atoms with Crippen LogP contribution in [0.4, 0.5) is 4.39 Å². The van der Waals surface area contributed by atoms with Gasteiger partial charge >= 0.3 is 0 Å². The van der Waals surface area contributed by atoms with Crippen LogP contribution in [0.25, 0.3) is 0 Å². The number of aromatic nitrogens is 2. The van der Waals surface area contributed by atoms with E-state index >= 15 is 0 Å². The van der Waals surface area contributed by atoms with Gasteiger partial charge in [0.25, 0.3) is 0 Å². The lowest BCUT2D eigenvalue weighted by Gasteiger charge is -2.10. The number of rotatable bonds is 3. The lowest BCUT2D eigenvalue weighted by Crippen LogP contribution is -2.15. The summed E-state index contributed by atoms with van der Waals surface area (Å²) in [5, 5.41) is 3.41. The zero-order chi connectivity index (χ0) is 13.1. The van der Waals surface area contributed by atoms with Crippen LogP contribution in [-0.4, -0.2) is 16.5 Å². The van der Waals surface area contributed by atoms with E-state index in [1.165, 1.54) is 12.5 Å². The van der Waals surface area contributed by atoms with Crippen molar-refractivity contribution in [2.75, 3.05) is 6.54 Å². The average molecular weight is 257 g/mol. The summed E-state index contributed by atoms with van der Waals surface area (Å²) in [6.45, 7) is 1.04. The standard InChI is InChI=1S/C15H16FN3/c16-12-4-1-3-11(7-12)8-13-9-17-10-15(19-13)14-5-2-6-18-14/h1,3-4,7,9-10,14,18H,2,5-6,8H2/t14-/m0/s1.